The predicted octanol–water partition coefficient (Wildman–Crippen LogP) is 14.4. The summed E-state index contributed by atoms with van der Waals surface area (Å²) in [5.74, 6) is 0. The molecular weight excluding hydrogens is 705 g/mol. The number of nitrogens with zero attached hydrogens (tertiary/aromatic N) is 4. The van der Waals surface area contributed by atoms with E-state index in [1.54, 1.807) is 0 Å². The molecule has 0 unspecified atom stereocenters. The molecule has 0 bridgehead atoms. The van der Waals surface area contributed by atoms with Crippen LogP contribution in [0.1, 0.15) is 0 Å². The van der Waals surface area contributed by atoms with Crippen molar-refractivity contribution in [1.82, 2.24) is 14.5 Å². The van der Waals surface area contributed by atoms with Gasteiger partial charge in [-0.15, -0.1) is 0 Å². The number of benzene rings is 9. The van der Waals surface area contributed by atoms with Crippen LogP contribution in [-0.4, -0.2) is 14.5 Å². The smallest absolute Gasteiger partial charge is 0.0973 e. The molecule has 2 aromatic heterocycles. The Balaban J connectivity index is 1.04. The molecule has 0 N–H and O–H groups in total. The molecule has 0 spiro atoms. The molecule has 0 aliphatic heterocycles. The first-order valence-electron chi connectivity index (χ1n) is 19.7. The number of anilines is 3. The van der Waals surface area contributed by atoms with Crippen molar-refractivity contribution in [3.63, 3.8) is 0 Å². The van der Waals surface area contributed by atoms with Gasteiger partial charge in [0.25, 0.3) is 0 Å². The average Bonchev–Trinajstić information content (AvgIpc) is 3.63. The van der Waals surface area contributed by atoms with Crippen molar-refractivity contribution in [3.8, 4) is 39.3 Å². The number of hydrogen-bond donors (Lipinski definition) is 0. The average molecular weight is 741 g/mol. The molecule has 0 aliphatic carbocycles. The molecule has 0 amide bonds. The summed E-state index contributed by atoms with van der Waals surface area (Å²) < 4.78 is 2.36. The van der Waals surface area contributed by atoms with Gasteiger partial charge in [0, 0.05) is 50.2 Å². The summed E-state index contributed by atoms with van der Waals surface area (Å²) >= 11 is 0. The van der Waals surface area contributed by atoms with Crippen LogP contribution in [0.5, 0.6) is 0 Å². The maximum Gasteiger partial charge on any atom is 0.0973 e. The lowest BCUT2D eigenvalue weighted by Crippen LogP contribution is -2.09. The highest BCUT2D eigenvalue weighted by atomic mass is 15.1. The fraction of sp³-hybridized carbons (Fsp3) is 0. The fourth-order valence-corrected chi connectivity index (χ4v) is 8.41. The Labute approximate surface area is 336 Å². The van der Waals surface area contributed by atoms with Crippen LogP contribution in [0, 0.1) is 0 Å². The Morgan fingerprint density at radius 1 is 0.362 bits per heavy atom. The third-order valence-electron chi connectivity index (χ3n) is 11.1. The molecule has 4 heteroatoms. The van der Waals surface area contributed by atoms with Crippen molar-refractivity contribution < 1.29 is 0 Å². The summed E-state index contributed by atoms with van der Waals surface area (Å²) in [7, 11) is 0. The van der Waals surface area contributed by atoms with E-state index in [9.17, 15) is 0 Å². The minimum Gasteiger partial charge on any atom is -0.310 e. The van der Waals surface area contributed by atoms with Crippen molar-refractivity contribution in [2.45, 2.75) is 0 Å². The normalized spacial score (nSPS) is 11.4. The van der Waals surface area contributed by atoms with Gasteiger partial charge in [-0.3, -0.25) is 0 Å². The van der Waals surface area contributed by atoms with Gasteiger partial charge in [-0.2, -0.15) is 0 Å². The van der Waals surface area contributed by atoms with Gasteiger partial charge in [-0.25, -0.2) is 9.97 Å². The zero-order valence-corrected chi connectivity index (χ0v) is 31.6. The standard InChI is InChI=1S/C54H36N4/c1-4-16-38(17-5-1)53-52(55-49-25-14-24-46(54(49)56-53)41-28-27-37-15-10-11-18-40(37)35-41)39-29-31-44(32-30-39)57(42-19-6-2-7-20-42)45-33-34-51-48(36-45)47-23-12-13-26-50(47)58(51)43-21-8-3-9-22-43/h1-36H. The van der Waals surface area contributed by atoms with Crippen LogP contribution in [0.2, 0.25) is 0 Å². The Hall–Kier alpha value is -7.82. The maximum absolute atomic E-state index is 5.43. The van der Waals surface area contributed by atoms with Crippen LogP contribution < -0.4 is 4.90 Å². The van der Waals surface area contributed by atoms with Crippen LogP contribution in [0.25, 0.3) is 82.9 Å². The molecule has 0 atom stereocenters. The molecule has 58 heavy (non-hydrogen) atoms. The first-order chi connectivity index (χ1) is 28.8. The second-order valence-electron chi connectivity index (χ2n) is 14.6. The molecule has 11 rings (SSSR count). The number of aromatic nitrogens is 3. The lowest BCUT2D eigenvalue weighted by molar-refractivity contribution is 1.18. The van der Waals surface area contributed by atoms with Gasteiger partial charge < -0.3 is 9.47 Å². The van der Waals surface area contributed by atoms with Gasteiger partial charge in [-0.05, 0) is 89.1 Å². The summed E-state index contributed by atoms with van der Waals surface area (Å²) in [6.07, 6.45) is 0. The first-order valence-corrected chi connectivity index (χ1v) is 19.7. The Morgan fingerprint density at radius 2 is 0.966 bits per heavy atom. The van der Waals surface area contributed by atoms with Crippen molar-refractivity contribution in [2.75, 3.05) is 4.90 Å². The van der Waals surface area contributed by atoms with E-state index in [1.807, 2.05) is 6.07 Å². The molecule has 0 saturated heterocycles. The van der Waals surface area contributed by atoms with Gasteiger partial charge in [0.2, 0.25) is 0 Å². The predicted molar refractivity (Wildman–Crippen MR) is 242 cm³/mol. The summed E-state index contributed by atoms with van der Waals surface area (Å²) in [6, 6.07) is 77.3. The van der Waals surface area contributed by atoms with E-state index in [1.165, 1.54) is 32.6 Å². The van der Waals surface area contributed by atoms with Crippen LogP contribution in [-0.2, 0) is 0 Å². The fourth-order valence-electron chi connectivity index (χ4n) is 8.41. The Morgan fingerprint density at radius 3 is 1.78 bits per heavy atom. The molecule has 0 aliphatic rings. The van der Waals surface area contributed by atoms with E-state index in [0.29, 0.717) is 0 Å². The first kappa shape index (κ1) is 33.5. The van der Waals surface area contributed by atoms with Gasteiger partial charge in [0.05, 0.1) is 33.5 Å². The van der Waals surface area contributed by atoms with Crippen LogP contribution >= 0.6 is 0 Å². The Bertz CT molecular complexity index is 3260. The third-order valence-corrected chi connectivity index (χ3v) is 11.1. The van der Waals surface area contributed by atoms with Crippen LogP contribution in [0.3, 0.4) is 0 Å². The van der Waals surface area contributed by atoms with Gasteiger partial charge >= 0.3 is 0 Å². The van der Waals surface area contributed by atoms with Crippen LogP contribution in [0.4, 0.5) is 17.1 Å². The number of rotatable bonds is 7. The van der Waals surface area contributed by atoms with E-state index in [4.69, 9.17) is 9.97 Å². The molecule has 9 aromatic carbocycles. The zero-order chi connectivity index (χ0) is 38.4. The lowest BCUT2D eigenvalue weighted by Gasteiger charge is -2.26. The molecule has 0 radical (unpaired) electrons. The minimum atomic E-state index is 0.849. The number of fused-ring (bicyclic) bond motifs is 5. The summed E-state index contributed by atoms with van der Waals surface area (Å²) in [5, 5.41) is 4.85. The van der Waals surface area contributed by atoms with E-state index in [-0.39, 0.29) is 0 Å². The van der Waals surface area contributed by atoms with Crippen molar-refractivity contribution in [3.05, 3.63) is 218 Å². The largest absolute Gasteiger partial charge is 0.310 e. The number of para-hydroxylation sites is 4. The van der Waals surface area contributed by atoms with Crippen LogP contribution in [0.15, 0.2) is 218 Å². The Kier molecular flexibility index (Phi) is 8.11. The quantitative estimate of drug-likeness (QED) is 0.163. The van der Waals surface area contributed by atoms with Crippen molar-refractivity contribution in [2.24, 2.45) is 0 Å². The molecule has 0 fully saturated rings. The molecule has 4 nitrogen and oxygen atoms in total. The summed E-state index contributed by atoms with van der Waals surface area (Å²) in [4.78, 5) is 13.1. The van der Waals surface area contributed by atoms with Gasteiger partial charge in [0.1, 0.15) is 0 Å². The van der Waals surface area contributed by atoms with Crippen molar-refractivity contribution >= 4 is 60.7 Å². The second kappa shape index (κ2) is 14.0. The second-order valence-corrected chi connectivity index (χ2v) is 14.6. The summed E-state index contributed by atoms with van der Waals surface area (Å²) in [6.45, 7) is 0. The van der Waals surface area contributed by atoms with Gasteiger partial charge in [-0.1, -0.05) is 146 Å². The highest BCUT2D eigenvalue weighted by Gasteiger charge is 2.20. The summed E-state index contributed by atoms with van der Waals surface area (Å²) in [5.41, 5.74) is 14.4. The van der Waals surface area contributed by atoms with Crippen molar-refractivity contribution in [1.29, 1.82) is 0 Å². The zero-order valence-electron chi connectivity index (χ0n) is 31.6. The van der Waals surface area contributed by atoms with E-state index in [2.05, 4.69) is 222 Å². The molecular formula is C54H36N4. The SMILES string of the molecule is c1ccc(-c2nc3c(-c4ccc5ccccc5c4)cccc3nc2-c2ccc(N(c3ccccc3)c3ccc4c(c3)c3ccccc3n4-c3ccccc3)cc2)cc1. The number of hydrogen-bond acceptors (Lipinski definition) is 3. The van der Waals surface area contributed by atoms with E-state index < -0.39 is 0 Å². The minimum absolute atomic E-state index is 0.849. The molecule has 272 valence electrons. The maximum atomic E-state index is 5.43. The molecule has 0 saturated carbocycles. The third kappa shape index (κ3) is 5.78. The highest BCUT2D eigenvalue weighted by molar-refractivity contribution is 6.10. The topological polar surface area (TPSA) is 34.0 Å². The lowest BCUT2D eigenvalue weighted by atomic mass is 9.98. The van der Waals surface area contributed by atoms with Gasteiger partial charge in [0.15, 0.2) is 0 Å². The van der Waals surface area contributed by atoms with E-state index in [0.717, 1.165) is 67.4 Å². The molecule has 11 aromatic rings. The monoisotopic (exact) mass is 740 g/mol. The molecule has 2 heterocycles. The van der Waals surface area contributed by atoms with E-state index >= 15 is 0 Å². The highest BCUT2D eigenvalue weighted by Crippen LogP contribution is 2.41.